The van der Waals surface area contributed by atoms with Gasteiger partial charge in [-0.2, -0.15) is 0 Å². The molecule has 2 heterocycles. The maximum absolute atomic E-state index is 5.76. The number of aromatic nitrogens is 3. The summed E-state index contributed by atoms with van der Waals surface area (Å²) in [6, 6.07) is 9.91. The Morgan fingerprint density at radius 1 is 1.12 bits per heavy atom. The normalized spacial score (nSPS) is 10.8. The molecule has 0 fully saturated rings. The molecule has 3 rings (SSSR count). The zero-order valence-corrected chi connectivity index (χ0v) is 8.54. The topological polar surface area (TPSA) is 56.2 Å². The van der Waals surface area contributed by atoms with Crippen molar-refractivity contribution in [3.63, 3.8) is 0 Å². The number of hydrogen-bond acceptors (Lipinski definition) is 3. The van der Waals surface area contributed by atoms with Gasteiger partial charge < -0.3 is 10.1 Å². The molecule has 2 aromatic heterocycles. The average molecular weight is 210 g/mol. The molecular formula is C12H10N4. The highest BCUT2D eigenvalue weighted by Gasteiger charge is 2.07. The number of nitrogen functional groups attached to an aromatic ring is 1. The summed E-state index contributed by atoms with van der Waals surface area (Å²) in [5, 5.41) is 0. The van der Waals surface area contributed by atoms with Crippen molar-refractivity contribution >= 4 is 11.5 Å². The molecule has 0 amide bonds. The van der Waals surface area contributed by atoms with Crippen LogP contribution in [0.4, 0.5) is 5.82 Å². The van der Waals surface area contributed by atoms with E-state index < -0.39 is 0 Å². The summed E-state index contributed by atoms with van der Waals surface area (Å²) in [7, 11) is 0. The minimum Gasteiger partial charge on any atom is -0.382 e. The van der Waals surface area contributed by atoms with Gasteiger partial charge in [-0.1, -0.05) is 30.3 Å². The van der Waals surface area contributed by atoms with Crippen molar-refractivity contribution in [1.29, 1.82) is 0 Å². The quantitative estimate of drug-likeness (QED) is 0.668. The minimum atomic E-state index is 0.490. The summed E-state index contributed by atoms with van der Waals surface area (Å²) in [4.78, 5) is 8.62. The molecule has 0 spiro atoms. The van der Waals surface area contributed by atoms with Gasteiger partial charge in [0.15, 0.2) is 5.65 Å². The van der Waals surface area contributed by atoms with Crippen LogP contribution in [0.2, 0.25) is 0 Å². The Balaban J connectivity index is 2.34. The van der Waals surface area contributed by atoms with Gasteiger partial charge >= 0.3 is 0 Å². The molecule has 0 unspecified atom stereocenters. The smallest absolute Gasteiger partial charge is 0.163 e. The van der Waals surface area contributed by atoms with Gasteiger partial charge in [0.25, 0.3) is 0 Å². The van der Waals surface area contributed by atoms with E-state index in [1.165, 1.54) is 0 Å². The van der Waals surface area contributed by atoms with Crippen LogP contribution < -0.4 is 5.73 Å². The maximum atomic E-state index is 5.76. The lowest BCUT2D eigenvalue weighted by molar-refractivity contribution is 1.14. The third-order valence-corrected chi connectivity index (χ3v) is 2.44. The number of imidazole rings is 1. The Morgan fingerprint density at radius 3 is 2.75 bits per heavy atom. The van der Waals surface area contributed by atoms with Crippen LogP contribution in [0.15, 0.2) is 48.9 Å². The molecule has 0 saturated heterocycles. The van der Waals surface area contributed by atoms with Crippen LogP contribution in [-0.2, 0) is 0 Å². The number of anilines is 1. The zero-order valence-electron chi connectivity index (χ0n) is 8.54. The largest absolute Gasteiger partial charge is 0.382 e. The van der Waals surface area contributed by atoms with Gasteiger partial charge in [0.05, 0.1) is 6.20 Å². The molecule has 0 atom stereocenters. The van der Waals surface area contributed by atoms with Crippen LogP contribution in [0.5, 0.6) is 0 Å². The molecule has 1 aromatic carbocycles. The third-order valence-electron chi connectivity index (χ3n) is 2.44. The van der Waals surface area contributed by atoms with E-state index in [9.17, 15) is 0 Å². The number of hydrogen-bond donors (Lipinski definition) is 1. The summed E-state index contributed by atoms with van der Waals surface area (Å²) < 4.78 is 1.88. The van der Waals surface area contributed by atoms with E-state index in [1.54, 1.807) is 12.4 Å². The monoisotopic (exact) mass is 210 g/mol. The lowest BCUT2D eigenvalue weighted by atomic mass is 10.1. The van der Waals surface area contributed by atoms with E-state index in [1.807, 2.05) is 40.9 Å². The summed E-state index contributed by atoms with van der Waals surface area (Å²) in [6.45, 7) is 0. The molecule has 4 nitrogen and oxygen atoms in total. The van der Waals surface area contributed by atoms with Crippen LogP contribution in [0.1, 0.15) is 0 Å². The fourth-order valence-corrected chi connectivity index (χ4v) is 1.74. The molecule has 0 radical (unpaired) electrons. The van der Waals surface area contributed by atoms with Crippen LogP contribution in [0, 0.1) is 0 Å². The van der Waals surface area contributed by atoms with Gasteiger partial charge in [-0.05, 0) is 0 Å². The molecule has 0 saturated carbocycles. The molecule has 0 bridgehead atoms. The molecule has 2 N–H and O–H groups in total. The Labute approximate surface area is 92.4 Å². The molecule has 16 heavy (non-hydrogen) atoms. The number of benzene rings is 1. The van der Waals surface area contributed by atoms with Gasteiger partial charge in [-0.15, -0.1) is 0 Å². The van der Waals surface area contributed by atoms with Crippen LogP contribution in [0.25, 0.3) is 16.9 Å². The molecule has 3 aromatic rings. The highest BCUT2D eigenvalue weighted by Crippen LogP contribution is 2.21. The summed E-state index contributed by atoms with van der Waals surface area (Å²) in [5.41, 5.74) is 8.41. The van der Waals surface area contributed by atoms with E-state index >= 15 is 0 Å². The van der Waals surface area contributed by atoms with Crippen molar-refractivity contribution in [2.75, 3.05) is 5.73 Å². The number of rotatable bonds is 1. The standard InChI is InChI=1S/C12H10N4/c13-10-8-16-7-6-14-12(16)11(15-10)9-4-2-1-3-5-9/h1-8H,13H2. The minimum absolute atomic E-state index is 0.490. The molecule has 0 aliphatic carbocycles. The van der Waals surface area contributed by atoms with Gasteiger partial charge in [-0.25, -0.2) is 9.97 Å². The first-order valence-electron chi connectivity index (χ1n) is 4.99. The second-order valence-corrected chi connectivity index (χ2v) is 3.54. The van der Waals surface area contributed by atoms with E-state index in [0.29, 0.717) is 5.82 Å². The van der Waals surface area contributed by atoms with Crippen molar-refractivity contribution in [3.05, 3.63) is 48.9 Å². The van der Waals surface area contributed by atoms with E-state index in [2.05, 4.69) is 9.97 Å². The summed E-state index contributed by atoms with van der Waals surface area (Å²) in [5.74, 6) is 0.490. The summed E-state index contributed by atoms with van der Waals surface area (Å²) >= 11 is 0. The molecule has 0 aliphatic rings. The van der Waals surface area contributed by atoms with Gasteiger partial charge in [-0.3, -0.25) is 0 Å². The van der Waals surface area contributed by atoms with Gasteiger partial charge in [0.2, 0.25) is 0 Å². The molecule has 0 aliphatic heterocycles. The van der Waals surface area contributed by atoms with Crippen LogP contribution >= 0.6 is 0 Å². The average Bonchev–Trinajstić information content (AvgIpc) is 2.77. The van der Waals surface area contributed by atoms with Crippen molar-refractivity contribution in [3.8, 4) is 11.3 Å². The SMILES string of the molecule is Nc1cn2ccnc2c(-c2ccccc2)n1. The Kier molecular flexibility index (Phi) is 1.86. The summed E-state index contributed by atoms with van der Waals surface area (Å²) in [6.07, 6.45) is 5.36. The van der Waals surface area contributed by atoms with Crippen molar-refractivity contribution in [2.45, 2.75) is 0 Å². The number of fused-ring (bicyclic) bond motifs is 1. The van der Waals surface area contributed by atoms with E-state index in [4.69, 9.17) is 5.73 Å². The molecular weight excluding hydrogens is 200 g/mol. The second-order valence-electron chi connectivity index (χ2n) is 3.54. The van der Waals surface area contributed by atoms with E-state index in [0.717, 1.165) is 16.9 Å². The fraction of sp³-hybridized carbons (Fsp3) is 0. The van der Waals surface area contributed by atoms with Crippen molar-refractivity contribution in [2.24, 2.45) is 0 Å². The predicted molar refractivity (Wildman–Crippen MR) is 62.8 cm³/mol. The van der Waals surface area contributed by atoms with Crippen LogP contribution in [-0.4, -0.2) is 14.4 Å². The number of nitrogens with two attached hydrogens (primary N) is 1. The molecule has 78 valence electrons. The van der Waals surface area contributed by atoms with Gasteiger partial charge in [0.1, 0.15) is 11.5 Å². The molecule has 4 heteroatoms. The highest BCUT2D eigenvalue weighted by atomic mass is 15.0. The van der Waals surface area contributed by atoms with Crippen LogP contribution in [0.3, 0.4) is 0 Å². The third kappa shape index (κ3) is 1.32. The first-order chi connectivity index (χ1) is 7.84. The fourth-order valence-electron chi connectivity index (χ4n) is 1.74. The maximum Gasteiger partial charge on any atom is 0.163 e. The van der Waals surface area contributed by atoms with E-state index in [-0.39, 0.29) is 0 Å². The highest BCUT2D eigenvalue weighted by molar-refractivity contribution is 5.74. The predicted octanol–water partition coefficient (Wildman–Crippen LogP) is 1.98. The Morgan fingerprint density at radius 2 is 1.94 bits per heavy atom. The Hall–Kier alpha value is -2.36. The lowest BCUT2D eigenvalue weighted by Crippen LogP contribution is -1.98. The first-order valence-corrected chi connectivity index (χ1v) is 4.99. The van der Waals surface area contributed by atoms with Crippen molar-refractivity contribution in [1.82, 2.24) is 14.4 Å². The van der Waals surface area contributed by atoms with Crippen molar-refractivity contribution < 1.29 is 0 Å². The first kappa shape index (κ1) is 8.91. The Bertz CT molecular complexity index is 628. The number of nitrogens with zero attached hydrogens (tertiary/aromatic N) is 3. The zero-order chi connectivity index (χ0) is 11.0. The van der Waals surface area contributed by atoms with Gasteiger partial charge in [0, 0.05) is 18.0 Å². The lowest BCUT2D eigenvalue weighted by Gasteiger charge is -2.04. The second kappa shape index (κ2) is 3.34.